The van der Waals surface area contributed by atoms with Crippen molar-refractivity contribution in [1.82, 2.24) is 4.90 Å². The van der Waals surface area contributed by atoms with Crippen molar-refractivity contribution in [3.63, 3.8) is 0 Å². The molecule has 0 heterocycles. The summed E-state index contributed by atoms with van der Waals surface area (Å²) in [4.78, 5) is 3.04. The molecular formula is C16H24N2S. The molecular weight excluding hydrogens is 252 g/mol. The first-order valence-electron chi connectivity index (χ1n) is 7.20. The standard InChI is InChI=1S/C16H24N2S/c1-18(12-13-7-5-6-8-13)15(11-16(17)19)14-9-3-2-4-10-14/h2-4,9-10,13,15H,5-8,11-12H2,1H3,(H2,17,19). The van der Waals surface area contributed by atoms with Crippen molar-refractivity contribution in [2.45, 2.75) is 38.1 Å². The molecule has 2 rings (SSSR count). The minimum atomic E-state index is 0.319. The van der Waals surface area contributed by atoms with E-state index in [-0.39, 0.29) is 0 Å². The van der Waals surface area contributed by atoms with Crippen molar-refractivity contribution in [3.05, 3.63) is 35.9 Å². The Hall–Kier alpha value is -0.930. The summed E-state index contributed by atoms with van der Waals surface area (Å²) in [6.45, 7) is 1.15. The summed E-state index contributed by atoms with van der Waals surface area (Å²) in [5, 5.41) is 0. The van der Waals surface area contributed by atoms with Crippen LogP contribution in [0.3, 0.4) is 0 Å². The SMILES string of the molecule is CN(CC1CCCC1)C(CC(N)=S)c1ccccc1. The lowest BCUT2D eigenvalue weighted by Crippen LogP contribution is -2.31. The lowest BCUT2D eigenvalue weighted by atomic mass is 10.00. The second kappa shape index (κ2) is 7.01. The highest BCUT2D eigenvalue weighted by Crippen LogP contribution is 2.29. The highest BCUT2D eigenvalue weighted by atomic mass is 32.1. The first-order chi connectivity index (χ1) is 9.16. The van der Waals surface area contributed by atoms with Crippen molar-refractivity contribution < 1.29 is 0 Å². The average Bonchev–Trinajstić information content (AvgIpc) is 2.89. The van der Waals surface area contributed by atoms with Crippen molar-refractivity contribution >= 4 is 17.2 Å². The maximum absolute atomic E-state index is 5.78. The van der Waals surface area contributed by atoms with Crippen LogP contribution >= 0.6 is 12.2 Å². The number of nitrogens with zero attached hydrogens (tertiary/aromatic N) is 1. The van der Waals surface area contributed by atoms with Crippen LogP contribution in [0.1, 0.15) is 43.7 Å². The van der Waals surface area contributed by atoms with E-state index in [4.69, 9.17) is 18.0 Å². The van der Waals surface area contributed by atoms with E-state index < -0.39 is 0 Å². The zero-order valence-electron chi connectivity index (χ0n) is 11.7. The average molecular weight is 276 g/mol. The van der Waals surface area contributed by atoms with Gasteiger partial charge in [-0.15, -0.1) is 0 Å². The van der Waals surface area contributed by atoms with Crippen LogP contribution in [0.25, 0.3) is 0 Å². The maximum Gasteiger partial charge on any atom is 0.0746 e. The maximum atomic E-state index is 5.78. The Labute approximate surface area is 122 Å². The zero-order chi connectivity index (χ0) is 13.7. The Balaban J connectivity index is 2.05. The van der Waals surface area contributed by atoms with Gasteiger partial charge < -0.3 is 5.73 Å². The van der Waals surface area contributed by atoms with Gasteiger partial charge in [-0.3, -0.25) is 4.90 Å². The first kappa shape index (κ1) is 14.5. The monoisotopic (exact) mass is 276 g/mol. The number of nitrogens with two attached hydrogens (primary N) is 1. The molecule has 1 aromatic carbocycles. The smallest absolute Gasteiger partial charge is 0.0746 e. The van der Waals surface area contributed by atoms with Crippen LogP contribution < -0.4 is 5.73 Å². The number of benzene rings is 1. The number of rotatable bonds is 6. The van der Waals surface area contributed by atoms with E-state index >= 15 is 0 Å². The van der Waals surface area contributed by atoms with Gasteiger partial charge >= 0.3 is 0 Å². The fourth-order valence-electron chi connectivity index (χ4n) is 3.12. The van der Waals surface area contributed by atoms with Crippen LogP contribution in [0.15, 0.2) is 30.3 Å². The second-order valence-corrected chi connectivity index (χ2v) is 6.21. The summed E-state index contributed by atoms with van der Waals surface area (Å²) in [5.41, 5.74) is 7.10. The van der Waals surface area contributed by atoms with Gasteiger partial charge in [-0.05, 0) is 31.4 Å². The number of hydrogen-bond donors (Lipinski definition) is 1. The summed E-state index contributed by atoms with van der Waals surface area (Å²) in [5.74, 6) is 0.850. The zero-order valence-corrected chi connectivity index (χ0v) is 12.5. The molecule has 1 unspecified atom stereocenters. The minimum absolute atomic E-state index is 0.319. The van der Waals surface area contributed by atoms with Gasteiger partial charge in [0.2, 0.25) is 0 Å². The fraction of sp³-hybridized carbons (Fsp3) is 0.562. The van der Waals surface area contributed by atoms with Crippen LogP contribution in [-0.2, 0) is 0 Å². The molecule has 0 aromatic heterocycles. The van der Waals surface area contributed by atoms with E-state index in [1.807, 2.05) is 0 Å². The highest BCUT2D eigenvalue weighted by molar-refractivity contribution is 7.80. The Kier molecular flexibility index (Phi) is 5.34. The predicted molar refractivity (Wildman–Crippen MR) is 85.2 cm³/mol. The van der Waals surface area contributed by atoms with Crippen LogP contribution in [0, 0.1) is 5.92 Å². The van der Waals surface area contributed by atoms with E-state index in [1.54, 1.807) is 0 Å². The molecule has 19 heavy (non-hydrogen) atoms. The lowest BCUT2D eigenvalue weighted by molar-refractivity contribution is 0.212. The predicted octanol–water partition coefficient (Wildman–Crippen LogP) is 3.53. The minimum Gasteiger partial charge on any atom is -0.393 e. The molecule has 0 saturated heterocycles. The quantitative estimate of drug-likeness (QED) is 0.806. The molecule has 0 aliphatic heterocycles. The van der Waals surface area contributed by atoms with Gasteiger partial charge in [-0.25, -0.2) is 0 Å². The summed E-state index contributed by atoms with van der Waals surface area (Å²) >= 11 is 5.12. The summed E-state index contributed by atoms with van der Waals surface area (Å²) in [6, 6.07) is 10.9. The first-order valence-corrected chi connectivity index (χ1v) is 7.61. The Morgan fingerprint density at radius 1 is 1.32 bits per heavy atom. The van der Waals surface area contributed by atoms with Crippen LogP contribution in [0.5, 0.6) is 0 Å². The lowest BCUT2D eigenvalue weighted by Gasteiger charge is -2.30. The normalized spacial score (nSPS) is 17.8. The molecule has 0 radical (unpaired) electrons. The molecule has 1 aromatic rings. The molecule has 3 heteroatoms. The molecule has 0 spiro atoms. The van der Waals surface area contributed by atoms with Gasteiger partial charge in [0.25, 0.3) is 0 Å². The van der Waals surface area contributed by atoms with E-state index in [9.17, 15) is 0 Å². The summed E-state index contributed by atoms with van der Waals surface area (Å²) in [7, 11) is 2.20. The van der Waals surface area contributed by atoms with Gasteiger partial charge in [-0.2, -0.15) is 0 Å². The van der Waals surface area contributed by atoms with Gasteiger partial charge in [0.15, 0.2) is 0 Å². The third-order valence-corrected chi connectivity index (χ3v) is 4.30. The number of thiocarbonyl (C=S) groups is 1. The van der Waals surface area contributed by atoms with Crippen LogP contribution in [0.2, 0.25) is 0 Å². The molecule has 1 aliphatic rings. The molecule has 1 saturated carbocycles. The second-order valence-electron chi connectivity index (χ2n) is 5.69. The third kappa shape index (κ3) is 4.29. The molecule has 2 N–H and O–H groups in total. The van der Waals surface area contributed by atoms with Gasteiger partial charge in [0.1, 0.15) is 0 Å². The van der Waals surface area contributed by atoms with Gasteiger partial charge in [0, 0.05) is 19.0 Å². The molecule has 1 aliphatic carbocycles. The van der Waals surface area contributed by atoms with Crippen molar-refractivity contribution in [1.29, 1.82) is 0 Å². The summed E-state index contributed by atoms with van der Waals surface area (Å²) in [6.07, 6.45) is 6.30. The van der Waals surface area contributed by atoms with E-state index in [0.29, 0.717) is 11.0 Å². The van der Waals surface area contributed by atoms with Gasteiger partial charge in [-0.1, -0.05) is 55.4 Å². The number of hydrogen-bond acceptors (Lipinski definition) is 2. The Morgan fingerprint density at radius 2 is 1.95 bits per heavy atom. The fourth-order valence-corrected chi connectivity index (χ4v) is 3.28. The van der Waals surface area contributed by atoms with E-state index in [0.717, 1.165) is 18.9 Å². The van der Waals surface area contributed by atoms with Crippen LogP contribution in [0.4, 0.5) is 0 Å². The van der Waals surface area contributed by atoms with Crippen molar-refractivity contribution in [2.75, 3.05) is 13.6 Å². The van der Waals surface area contributed by atoms with E-state index in [1.165, 1.54) is 31.2 Å². The largest absolute Gasteiger partial charge is 0.393 e. The highest BCUT2D eigenvalue weighted by Gasteiger charge is 2.23. The van der Waals surface area contributed by atoms with Crippen molar-refractivity contribution in [2.24, 2.45) is 11.7 Å². The molecule has 1 fully saturated rings. The van der Waals surface area contributed by atoms with Crippen LogP contribution in [-0.4, -0.2) is 23.5 Å². The third-order valence-electron chi connectivity index (χ3n) is 4.13. The Morgan fingerprint density at radius 3 is 2.53 bits per heavy atom. The molecule has 104 valence electrons. The summed E-state index contributed by atoms with van der Waals surface area (Å²) < 4.78 is 0. The topological polar surface area (TPSA) is 29.3 Å². The Bertz CT molecular complexity index is 398. The molecule has 0 amide bonds. The van der Waals surface area contributed by atoms with Crippen molar-refractivity contribution in [3.8, 4) is 0 Å². The van der Waals surface area contributed by atoms with E-state index in [2.05, 4.69) is 42.3 Å². The molecule has 1 atom stereocenters. The van der Waals surface area contributed by atoms with Gasteiger partial charge in [0.05, 0.1) is 4.99 Å². The molecule has 0 bridgehead atoms. The molecule has 2 nitrogen and oxygen atoms in total.